The van der Waals surface area contributed by atoms with Gasteiger partial charge >= 0.3 is 0 Å². The first kappa shape index (κ1) is 14.5. The Kier molecular flexibility index (Phi) is 4.99. The van der Waals surface area contributed by atoms with Gasteiger partial charge in [-0.1, -0.05) is 11.6 Å². The molecule has 2 N–H and O–H groups in total. The van der Waals surface area contributed by atoms with Crippen LogP contribution in [0.3, 0.4) is 0 Å². The lowest BCUT2D eigenvalue weighted by Gasteiger charge is -2.23. The Bertz CT molecular complexity index is 457. The van der Waals surface area contributed by atoms with Crippen LogP contribution in [0, 0.1) is 0 Å². The fraction of sp³-hybridized carbons (Fsp3) is 0.769. The molecule has 0 aromatic heterocycles. The molecular formula is C13H22N2O3S. The van der Waals surface area contributed by atoms with Crippen LogP contribution in [-0.4, -0.2) is 45.0 Å². The zero-order chi connectivity index (χ0) is 13.7. The zero-order valence-electron chi connectivity index (χ0n) is 11.2. The molecule has 0 aromatic rings. The summed E-state index contributed by atoms with van der Waals surface area (Å²) in [7, 11) is -2.96. The van der Waals surface area contributed by atoms with Gasteiger partial charge in [-0.25, -0.2) is 8.42 Å². The average Bonchev–Trinajstić information content (AvgIpc) is 2.80. The molecule has 0 bridgehead atoms. The van der Waals surface area contributed by atoms with Gasteiger partial charge in [-0.2, -0.15) is 0 Å². The predicted octanol–water partition coefficient (Wildman–Crippen LogP) is 0.380. The molecule has 108 valence electrons. The lowest BCUT2D eigenvalue weighted by Crippen LogP contribution is -2.47. The summed E-state index contributed by atoms with van der Waals surface area (Å²) in [6, 6.07) is -0.232. The Hall–Kier alpha value is -0.880. The molecule has 2 aliphatic rings. The molecule has 1 fully saturated rings. The maximum Gasteiger partial charge on any atom is 0.221 e. The van der Waals surface area contributed by atoms with E-state index < -0.39 is 9.84 Å². The van der Waals surface area contributed by atoms with Gasteiger partial charge in [0.25, 0.3) is 0 Å². The van der Waals surface area contributed by atoms with Gasteiger partial charge in [0.1, 0.15) is 0 Å². The highest BCUT2D eigenvalue weighted by Crippen LogP contribution is 2.19. The van der Waals surface area contributed by atoms with E-state index in [1.165, 1.54) is 12.0 Å². The Morgan fingerprint density at radius 1 is 1.47 bits per heavy atom. The standard InChI is InChI=1S/C13H22N2O3S/c16-13(15-6-5-11-3-1-2-4-11)9-12-10-19(17,18)8-7-14-12/h3,12,14H,1-2,4-10H2,(H,15,16). The monoisotopic (exact) mass is 286 g/mol. The van der Waals surface area contributed by atoms with Gasteiger partial charge in [0.05, 0.1) is 11.5 Å². The quantitative estimate of drug-likeness (QED) is 0.717. The van der Waals surface area contributed by atoms with Gasteiger partial charge in [0, 0.05) is 25.6 Å². The molecule has 0 aromatic carbocycles. The first-order valence-corrected chi connectivity index (χ1v) is 8.76. The number of rotatable bonds is 5. The second kappa shape index (κ2) is 6.52. The molecule has 0 radical (unpaired) electrons. The van der Waals surface area contributed by atoms with E-state index in [9.17, 15) is 13.2 Å². The highest BCUT2D eigenvalue weighted by atomic mass is 32.2. The van der Waals surface area contributed by atoms with E-state index >= 15 is 0 Å². The van der Waals surface area contributed by atoms with Crippen molar-refractivity contribution in [3.8, 4) is 0 Å². The van der Waals surface area contributed by atoms with E-state index in [1.54, 1.807) is 0 Å². The van der Waals surface area contributed by atoms with E-state index in [0.29, 0.717) is 13.1 Å². The Morgan fingerprint density at radius 3 is 3.00 bits per heavy atom. The zero-order valence-corrected chi connectivity index (χ0v) is 12.0. The molecule has 1 unspecified atom stereocenters. The molecule has 1 atom stereocenters. The minimum absolute atomic E-state index is 0.0619. The number of sulfone groups is 1. The minimum atomic E-state index is -2.96. The Balaban J connectivity index is 1.66. The van der Waals surface area contributed by atoms with Crippen LogP contribution in [0.1, 0.15) is 32.1 Å². The average molecular weight is 286 g/mol. The van der Waals surface area contributed by atoms with Crippen molar-refractivity contribution >= 4 is 15.7 Å². The van der Waals surface area contributed by atoms with E-state index in [-0.39, 0.29) is 29.9 Å². The number of carbonyl (C=O) groups is 1. The third-order valence-corrected chi connectivity index (χ3v) is 5.37. The number of hydrogen-bond donors (Lipinski definition) is 2. The van der Waals surface area contributed by atoms with E-state index in [2.05, 4.69) is 16.7 Å². The summed E-state index contributed by atoms with van der Waals surface area (Å²) in [6.45, 7) is 1.11. The second-order valence-electron chi connectivity index (χ2n) is 5.32. The molecule has 19 heavy (non-hydrogen) atoms. The third kappa shape index (κ3) is 4.95. The predicted molar refractivity (Wildman–Crippen MR) is 74.6 cm³/mol. The van der Waals surface area contributed by atoms with Crippen LogP contribution in [-0.2, 0) is 14.6 Å². The van der Waals surface area contributed by atoms with Gasteiger partial charge < -0.3 is 10.6 Å². The fourth-order valence-electron chi connectivity index (χ4n) is 2.62. The number of amides is 1. The number of nitrogens with one attached hydrogen (secondary N) is 2. The summed E-state index contributed by atoms with van der Waals surface area (Å²) in [5.41, 5.74) is 1.43. The van der Waals surface area contributed by atoms with Crippen LogP contribution >= 0.6 is 0 Å². The van der Waals surface area contributed by atoms with Gasteiger partial charge in [-0.3, -0.25) is 4.79 Å². The molecule has 2 rings (SSSR count). The van der Waals surface area contributed by atoms with Crippen LogP contribution < -0.4 is 10.6 Å². The molecule has 1 aliphatic carbocycles. The first-order valence-electron chi connectivity index (χ1n) is 6.93. The Labute approximate surface area is 114 Å². The number of carbonyl (C=O) groups excluding carboxylic acids is 1. The minimum Gasteiger partial charge on any atom is -0.356 e. The summed E-state index contributed by atoms with van der Waals surface area (Å²) in [5, 5.41) is 5.96. The largest absolute Gasteiger partial charge is 0.356 e. The lowest BCUT2D eigenvalue weighted by atomic mass is 10.1. The molecule has 1 saturated heterocycles. The highest BCUT2D eigenvalue weighted by molar-refractivity contribution is 7.91. The molecule has 0 saturated carbocycles. The topological polar surface area (TPSA) is 75.3 Å². The molecule has 1 amide bonds. The smallest absolute Gasteiger partial charge is 0.221 e. The van der Waals surface area contributed by atoms with Crippen molar-refractivity contribution in [1.82, 2.24) is 10.6 Å². The van der Waals surface area contributed by atoms with Crippen LogP contribution in [0.15, 0.2) is 11.6 Å². The van der Waals surface area contributed by atoms with Crippen molar-refractivity contribution in [3.05, 3.63) is 11.6 Å². The molecule has 6 heteroatoms. The SMILES string of the molecule is O=C(CC1CS(=O)(=O)CCN1)NCCC1=CCCC1. The number of allylic oxidation sites excluding steroid dienone is 1. The van der Waals surface area contributed by atoms with Crippen LogP contribution in [0.2, 0.25) is 0 Å². The van der Waals surface area contributed by atoms with Crippen molar-refractivity contribution in [1.29, 1.82) is 0 Å². The van der Waals surface area contributed by atoms with Crippen molar-refractivity contribution in [2.24, 2.45) is 0 Å². The lowest BCUT2D eigenvalue weighted by molar-refractivity contribution is -0.121. The maximum absolute atomic E-state index is 11.7. The van der Waals surface area contributed by atoms with Crippen LogP contribution in [0.25, 0.3) is 0 Å². The van der Waals surface area contributed by atoms with Crippen LogP contribution in [0.4, 0.5) is 0 Å². The summed E-state index contributed by atoms with van der Waals surface area (Å²) in [5.74, 6) is 0.193. The van der Waals surface area contributed by atoms with Gasteiger partial charge in [0.15, 0.2) is 9.84 Å². The molecule has 5 nitrogen and oxygen atoms in total. The molecule has 0 spiro atoms. The van der Waals surface area contributed by atoms with E-state index in [0.717, 1.165) is 19.3 Å². The van der Waals surface area contributed by atoms with Gasteiger partial charge in [0.2, 0.25) is 5.91 Å². The van der Waals surface area contributed by atoms with Crippen LogP contribution in [0.5, 0.6) is 0 Å². The molecular weight excluding hydrogens is 264 g/mol. The normalized spacial score (nSPS) is 25.9. The molecule has 1 aliphatic heterocycles. The highest BCUT2D eigenvalue weighted by Gasteiger charge is 2.25. The second-order valence-corrected chi connectivity index (χ2v) is 7.55. The van der Waals surface area contributed by atoms with Crippen molar-refractivity contribution in [2.75, 3.05) is 24.6 Å². The first-order chi connectivity index (χ1) is 9.05. The van der Waals surface area contributed by atoms with Gasteiger partial charge in [-0.05, 0) is 25.7 Å². The van der Waals surface area contributed by atoms with Crippen molar-refractivity contribution in [3.63, 3.8) is 0 Å². The Morgan fingerprint density at radius 2 is 2.32 bits per heavy atom. The summed E-state index contributed by atoms with van der Waals surface area (Å²) >= 11 is 0. The van der Waals surface area contributed by atoms with Gasteiger partial charge in [-0.15, -0.1) is 0 Å². The summed E-state index contributed by atoms with van der Waals surface area (Å²) < 4.78 is 22.9. The fourth-order valence-corrected chi connectivity index (χ4v) is 4.07. The maximum atomic E-state index is 11.7. The van der Waals surface area contributed by atoms with E-state index in [4.69, 9.17) is 0 Å². The van der Waals surface area contributed by atoms with E-state index in [1.807, 2.05) is 0 Å². The van der Waals surface area contributed by atoms with Crippen molar-refractivity contribution < 1.29 is 13.2 Å². The summed E-state index contributed by atoms with van der Waals surface area (Å²) in [6.07, 6.45) is 6.96. The van der Waals surface area contributed by atoms with Crippen molar-refractivity contribution in [2.45, 2.75) is 38.1 Å². The summed E-state index contributed by atoms with van der Waals surface area (Å²) in [4.78, 5) is 11.7. The number of hydrogen-bond acceptors (Lipinski definition) is 4. The molecule has 1 heterocycles. The third-order valence-electron chi connectivity index (χ3n) is 3.64.